The molecule has 0 saturated heterocycles. The lowest BCUT2D eigenvalue weighted by molar-refractivity contribution is -0.119. The van der Waals surface area contributed by atoms with Crippen molar-refractivity contribution in [2.45, 2.75) is 18.9 Å². The first kappa shape index (κ1) is 13.6. The van der Waals surface area contributed by atoms with Gasteiger partial charge in [-0.2, -0.15) is 0 Å². The highest BCUT2D eigenvalue weighted by Crippen LogP contribution is 2.26. The number of hydrogen-bond donors (Lipinski definition) is 1. The second-order valence-corrected chi connectivity index (χ2v) is 5.27. The van der Waals surface area contributed by atoms with Crippen LogP contribution in [0.5, 0.6) is 0 Å². The van der Waals surface area contributed by atoms with Crippen LogP contribution in [0.1, 0.15) is 12.0 Å². The molecule has 1 aliphatic rings. The number of carbonyl (C=O) groups is 1. The first-order valence-electron chi connectivity index (χ1n) is 7.03. The van der Waals surface area contributed by atoms with Crippen LogP contribution in [0.25, 0.3) is 0 Å². The first-order chi connectivity index (χ1) is 10.1. The summed E-state index contributed by atoms with van der Waals surface area (Å²) in [4.78, 5) is 14.1. The summed E-state index contributed by atoms with van der Waals surface area (Å²) in [5.41, 5.74) is 2.81. The Morgan fingerprint density at radius 1 is 1.24 bits per heavy atom. The van der Waals surface area contributed by atoms with Crippen LogP contribution in [0.4, 0.5) is 15.8 Å². The Labute approximate surface area is 123 Å². The number of nitrogens with one attached hydrogen (secondary N) is 1. The number of fused-ring (bicyclic) bond motifs is 1. The number of likely N-dealkylation sites (N-methyl/N-ethyl adjacent to an activating group) is 1. The van der Waals surface area contributed by atoms with E-state index in [9.17, 15) is 9.18 Å². The lowest BCUT2D eigenvalue weighted by atomic mass is 9.97. The van der Waals surface area contributed by atoms with Gasteiger partial charge in [-0.25, -0.2) is 4.39 Å². The Hall–Kier alpha value is -2.36. The first-order valence-corrected chi connectivity index (χ1v) is 7.03. The van der Waals surface area contributed by atoms with Crippen LogP contribution in [0.2, 0.25) is 0 Å². The molecule has 1 unspecified atom stereocenters. The molecule has 2 aromatic carbocycles. The molecule has 1 heterocycles. The van der Waals surface area contributed by atoms with Gasteiger partial charge >= 0.3 is 0 Å². The van der Waals surface area contributed by atoms with Gasteiger partial charge in [0.25, 0.3) is 0 Å². The summed E-state index contributed by atoms with van der Waals surface area (Å²) < 4.78 is 13.3. The van der Waals surface area contributed by atoms with Crippen LogP contribution in [-0.4, -0.2) is 19.0 Å². The lowest BCUT2D eigenvalue weighted by Gasteiger charge is -2.29. The monoisotopic (exact) mass is 284 g/mol. The summed E-state index contributed by atoms with van der Waals surface area (Å²) in [7, 11) is 1.68. The van der Waals surface area contributed by atoms with E-state index in [1.54, 1.807) is 19.2 Å². The van der Waals surface area contributed by atoms with Crippen LogP contribution in [0, 0.1) is 5.82 Å². The summed E-state index contributed by atoms with van der Waals surface area (Å²) in [6.07, 6.45) is 1.62. The van der Waals surface area contributed by atoms with E-state index in [4.69, 9.17) is 0 Å². The molecule has 0 aliphatic carbocycles. The molecule has 1 amide bonds. The maximum atomic E-state index is 13.3. The normalized spacial score (nSPS) is 16.8. The second kappa shape index (κ2) is 5.56. The molecule has 21 heavy (non-hydrogen) atoms. The maximum absolute atomic E-state index is 13.3. The summed E-state index contributed by atoms with van der Waals surface area (Å²) in [6, 6.07) is 13.8. The Morgan fingerprint density at radius 2 is 2.05 bits per heavy atom. The molecule has 0 fully saturated rings. The number of hydrogen-bond acceptors (Lipinski definition) is 2. The number of halogens is 1. The van der Waals surface area contributed by atoms with Crippen molar-refractivity contribution in [1.82, 2.24) is 0 Å². The van der Waals surface area contributed by atoms with Gasteiger partial charge in [0.1, 0.15) is 11.9 Å². The van der Waals surface area contributed by atoms with Gasteiger partial charge in [0.15, 0.2) is 0 Å². The second-order valence-electron chi connectivity index (χ2n) is 5.27. The zero-order valence-electron chi connectivity index (χ0n) is 11.8. The van der Waals surface area contributed by atoms with Crippen molar-refractivity contribution in [3.63, 3.8) is 0 Å². The highest BCUT2D eigenvalue weighted by atomic mass is 19.1. The van der Waals surface area contributed by atoms with Gasteiger partial charge in [-0.15, -0.1) is 0 Å². The van der Waals surface area contributed by atoms with Crippen molar-refractivity contribution in [1.29, 1.82) is 0 Å². The largest absolute Gasteiger partial charge is 0.373 e. The third-order valence-corrected chi connectivity index (χ3v) is 3.87. The number of para-hydroxylation sites is 1. The summed E-state index contributed by atoms with van der Waals surface area (Å²) in [6.45, 7) is 0. The molecule has 1 atom stereocenters. The van der Waals surface area contributed by atoms with Crippen molar-refractivity contribution < 1.29 is 9.18 Å². The maximum Gasteiger partial charge on any atom is 0.249 e. The van der Waals surface area contributed by atoms with Gasteiger partial charge in [-0.1, -0.05) is 24.3 Å². The van der Waals surface area contributed by atoms with E-state index in [1.807, 2.05) is 18.2 Å². The van der Waals surface area contributed by atoms with Gasteiger partial charge in [0.2, 0.25) is 5.91 Å². The molecule has 4 heteroatoms. The lowest BCUT2D eigenvalue weighted by Crippen LogP contribution is -2.43. The van der Waals surface area contributed by atoms with E-state index in [2.05, 4.69) is 11.4 Å². The van der Waals surface area contributed by atoms with Gasteiger partial charge in [-0.3, -0.25) is 4.79 Å². The van der Waals surface area contributed by atoms with Gasteiger partial charge in [0, 0.05) is 18.4 Å². The van der Waals surface area contributed by atoms with Crippen LogP contribution < -0.4 is 10.2 Å². The number of rotatable bonds is 2. The molecule has 3 nitrogen and oxygen atoms in total. The van der Waals surface area contributed by atoms with E-state index in [1.165, 1.54) is 22.6 Å². The molecule has 0 aromatic heterocycles. The number of nitrogens with zero attached hydrogens (tertiary/aromatic N) is 1. The minimum atomic E-state index is -0.339. The molecule has 1 N–H and O–H groups in total. The molecule has 3 rings (SSSR count). The molecular weight excluding hydrogens is 267 g/mol. The standard InChI is InChI=1S/C17H17FN2O/c1-20(14-7-4-6-13(18)11-14)17(21)16-10-9-12-5-2-3-8-15(12)19-16/h2-8,11,16,19H,9-10H2,1H3. The van der Waals surface area contributed by atoms with Gasteiger partial charge < -0.3 is 10.2 Å². The highest BCUT2D eigenvalue weighted by molar-refractivity contribution is 5.98. The van der Waals surface area contributed by atoms with Gasteiger partial charge in [-0.05, 0) is 42.7 Å². The Kier molecular flexibility index (Phi) is 3.60. The Balaban J connectivity index is 1.77. The number of aryl methyl sites for hydroxylation is 1. The fourth-order valence-electron chi connectivity index (χ4n) is 2.67. The van der Waals surface area contributed by atoms with Crippen molar-refractivity contribution >= 4 is 17.3 Å². The molecular formula is C17H17FN2O. The van der Waals surface area contributed by atoms with Crippen LogP contribution in [0.15, 0.2) is 48.5 Å². The number of amides is 1. The third-order valence-electron chi connectivity index (χ3n) is 3.87. The average Bonchev–Trinajstić information content (AvgIpc) is 2.53. The van der Waals surface area contributed by atoms with Gasteiger partial charge in [0.05, 0.1) is 0 Å². The zero-order valence-corrected chi connectivity index (χ0v) is 11.8. The third kappa shape index (κ3) is 2.75. The predicted octanol–water partition coefficient (Wildman–Crippen LogP) is 3.22. The average molecular weight is 284 g/mol. The quantitative estimate of drug-likeness (QED) is 0.918. The highest BCUT2D eigenvalue weighted by Gasteiger charge is 2.26. The van der Waals surface area contributed by atoms with Crippen LogP contribution in [0.3, 0.4) is 0 Å². The van der Waals surface area contributed by atoms with Crippen molar-refractivity contribution in [2.75, 3.05) is 17.3 Å². The SMILES string of the molecule is CN(C(=O)C1CCc2ccccc2N1)c1cccc(F)c1. The van der Waals surface area contributed by atoms with E-state index in [0.29, 0.717) is 5.69 Å². The topological polar surface area (TPSA) is 32.3 Å². The van der Waals surface area contributed by atoms with Crippen LogP contribution >= 0.6 is 0 Å². The van der Waals surface area contributed by atoms with E-state index in [-0.39, 0.29) is 17.8 Å². The van der Waals surface area contributed by atoms with Crippen molar-refractivity contribution in [3.05, 3.63) is 59.9 Å². The van der Waals surface area contributed by atoms with E-state index in [0.717, 1.165) is 18.5 Å². The minimum Gasteiger partial charge on any atom is -0.373 e. The minimum absolute atomic E-state index is 0.0462. The number of carbonyl (C=O) groups excluding carboxylic acids is 1. The molecule has 0 saturated carbocycles. The molecule has 0 radical (unpaired) electrons. The van der Waals surface area contributed by atoms with E-state index >= 15 is 0 Å². The van der Waals surface area contributed by atoms with Crippen LogP contribution in [-0.2, 0) is 11.2 Å². The molecule has 0 bridgehead atoms. The molecule has 1 aliphatic heterocycles. The van der Waals surface area contributed by atoms with E-state index < -0.39 is 0 Å². The summed E-state index contributed by atoms with van der Waals surface area (Å²) >= 11 is 0. The van der Waals surface area contributed by atoms with Crippen molar-refractivity contribution in [3.8, 4) is 0 Å². The summed E-state index contributed by atoms with van der Waals surface area (Å²) in [5, 5.41) is 3.28. The Morgan fingerprint density at radius 3 is 2.86 bits per heavy atom. The predicted molar refractivity (Wildman–Crippen MR) is 82.0 cm³/mol. The molecule has 0 spiro atoms. The fourth-order valence-corrected chi connectivity index (χ4v) is 2.67. The van der Waals surface area contributed by atoms with Crippen molar-refractivity contribution in [2.24, 2.45) is 0 Å². The number of anilines is 2. The number of benzene rings is 2. The molecule has 2 aromatic rings. The summed E-state index contributed by atoms with van der Waals surface area (Å²) in [5.74, 6) is -0.385. The fraction of sp³-hybridized carbons (Fsp3) is 0.235. The zero-order chi connectivity index (χ0) is 14.8. The smallest absolute Gasteiger partial charge is 0.249 e. The Bertz CT molecular complexity index is 671. The molecule has 108 valence electrons.